The van der Waals surface area contributed by atoms with Crippen molar-refractivity contribution in [2.24, 2.45) is 0 Å². The lowest BCUT2D eigenvalue weighted by atomic mass is 10.0. The molecule has 0 radical (unpaired) electrons. The van der Waals surface area contributed by atoms with Crippen molar-refractivity contribution in [1.82, 2.24) is 0 Å². The van der Waals surface area contributed by atoms with E-state index in [2.05, 4.69) is 13.0 Å². The van der Waals surface area contributed by atoms with Crippen molar-refractivity contribution in [2.45, 2.75) is 26.7 Å². The second-order valence-corrected chi connectivity index (χ2v) is 3.57. The Morgan fingerprint density at radius 1 is 1.47 bits per heavy atom. The highest BCUT2D eigenvalue weighted by atomic mass is 16.4. The van der Waals surface area contributed by atoms with E-state index in [0.717, 1.165) is 24.0 Å². The second kappa shape index (κ2) is 5.35. The summed E-state index contributed by atoms with van der Waals surface area (Å²) in [6, 6.07) is 5.39. The molecule has 2 heteroatoms. The van der Waals surface area contributed by atoms with Crippen LogP contribution in [0.4, 0.5) is 0 Å². The van der Waals surface area contributed by atoms with Crippen LogP contribution >= 0.6 is 0 Å². The molecule has 0 saturated carbocycles. The maximum atomic E-state index is 10.8. The predicted molar refractivity (Wildman–Crippen MR) is 62.1 cm³/mol. The Labute approximate surface area is 90.3 Å². The molecule has 80 valence electrons. The van der Waals surface area contributed by atoms with E-state index in [4.69, 9.17) is 5.11 Å². The van der Waals surface area contributed by atoms with Crippen molar-refractivity contribution in [3.05, 3.63) is 41.0 Å². The van der Waals surface area contributed by atoms with Crippen molar-refractivity contribution < 1.29 is 9.90 Å². The van der Waals surface area contributed by atoms with E-state index in [9.17, 15) is 4.79 Å². The fourth-order valence-corrected chi connectivity index (χ4v) is 1.42. The van der Waals surface area contributed by atoms with E-state index in [1.807, 2.05) is 25.1 Å². The van der Waals surface area contributed by atoms with Crippen LogP contribution in [0.15, 0.2) is 24.3 Å². The standard InChI is InChI=1S/C13H16O2/c1-3-4-5-6-11-7-8-12(13(14)15)10(2)9-11/h5-9H,3-4H2,1-2H3,(H,14,15). The smallest absolute Gasteiger partial charge is 0.335 e. The monoisotopic (exact) mass is 204 g/mol. The third-order valence-electron chi connectivity index (χ3n) is 2.25. The zero-order valence-corrected chi connectivity index (χ0v) is 9.16. The zero-order chi connectivity index (χ0) is 11.3. The van der Waals surface area contributed by atoms with Gasteiger partial charge >= 0.3 is 5.97 Å². The van der Waals surface area contributed by atoms with E-state index in [0.29, 0.717) is 5.56 Å². The average molecular weight is 204 g/mol. The number of unbranched alkanes of at least 4 members (excludes halogenated alkanes) is 1. The number of carboxylic acid groups (broad SMARTS) is 1. The maximum absolute atomic E-state index is 10.8. The number of benzene rings is 1. The summed E-state index contributed by atoms with van der Waals surface area (Å²) in [5.41, 5.74) is 2.25. The first kappa shape index (κ1) is 11.5. The fraction of sp³-hybridized carbons (Fsp3) is 0.308. The first-order valence-corrected chi connectivity index (χ1v) is 5.15. The zero-order valence-electron chi connectivity index (χ0n) is 9.16. The molecule has 15 heavy (non-hydrogen) atoms. The summed E-state index contributed by atoms with van der Waals surface area (Å²) in [5, 5.41) is 8.85. The van der Waals surface area contributed by atoms with E-state index in [-0.39, 0.29) is 0 Å². The molecule has 0 aliphatic rings. The number of aryl methyl sites for hydroxylation is 1. The summed E-state index contributed by atoms with van der Waals surface area (Å²) < 4.78 is 0. The van der Waals surface area contributed by atoms with Gasteiger partial charge in [-0.1, -0.05) is 37.6 Å². The Bertz CT molecular complexity index is 378. The number of aromatic carboxylic acids is 1. The van der Waals surface area contributed by atoms with Gasteiger partial charge in [0.05, 0.1) is 5.56 Å². The molecule has 0 aliphatic heterocycles. The van der Waals surface area contributed by atoms with Gasteiger partial charge in [0.15, 0.2) is 0 Å². The van der Waals surface area contributed by atoms with Crippen molar-refractivity contribution in [3.8, 4) is 0 Å². The fourth-order valence-electron chi connectivity index (χ4n) is 1.42. The van der Waals surface area contributed by atoms with Crippen molar-refractivity contribution in [3.63, 3.8) is 0 Å². The van der Waals surface area contributed by atoms with Crippen LogP contribution < -0.4 is 0 Å². The first-order valence-electron chi connectivity index (χ1n) is 5.15. The Morgan fingerprint density at radius 3 is 2.73 bits per heavy atom. The van der Waals surface area contributed by atoms with Crippen LogP contribution in [0, 0.1) is 6.92 Å². The third-order valence-corrected chi connectivity index (χ3v) is 2.25. The number of carboxylic acids is 1. The van der Waals surface area contributed by atoms with Gasteiger partial charge in [-0.2, -0.15) is 0 Å². The molecule has 0 heterocycles. The van der Waals surface area contributed by atoms with Gasteiger partial charge < -0.3 is 5.11 Å². The van der Waals surface area contributed by atoms with Gasteiger partial charge in [0, 0.05) is 0 Å². The Balaban J connectivity index is 2.87. The van der Waals surface area contributed by atoms with E-state index in [1.165, 1.54) is 0 Å². The Hall–Kier alpha value is -1.57. The van der Waals surface area contributed by atoms with E-state index in [1.54, 1.807) is 6.07 Å². The molecule has 0 amide bonds. The van der Waals surface area contributed by atoms with Crippen LogP contribution in [0.25, 0.3) is 6.08 Å². The van der Waals surface area contributed by atoms with Crippen LogP contribution in [0.3, 0.4) is 0 Å². The van der Waals surface area contributed by atoms with Crippen LogP contribution in [-0.4, -0.2) is 11.1 Å². The summed E-state index contributed by atoms with van der Waals surface area (Å²) in [6.45, 7) is 3.95. The number of hydrogen-bond acceptors (Lipinski definition) is 1. The molecule has 1 aromatic carbocycles. The Morgan fingerprint density at radius 2 is 2.20 bits per heavy atom. The van der Waals surface area contributed by atoms with Crippen LogP contribution in [-0.2, 0) is 0 Å². The van der Waals surface area contributed by atoms with Crippen LogP contribution in [0.2, 0.25) is 0 Å². The largest absolute Gasteiger partial charge is 0.478 e. The molecule has 0 atom stereocenters. The molecule has 2 nitrogen and oxygen atoms in total. The van der Waals surface area contributed by atoms with Gasteiger partial charge in [-0.05, 0) is 30.5 Å². The lowest BCUT2D eigenvalue weighted by Gasteiger charge is -2.01. The molecule has 0 aromatic heterocycles. The minimum absolute atomic E-state index is 0.377. The number of rotatable bonds is 4. The Kier molecular flexibility index (Phi) is 4.10. The maximum Gasteiger partial charge on any atom is 0.335 e. The summed E-state index contributed by atoms with van der Waals surface area (Å²) in [4.78, 5) is 10.8. The topological polar surface area (TPSA) is 37.3 Å². The summed E-state index contributed by atoms with van der Waals surface area (Å²) in [7, 11) is 0. The third kappa shape index (κ3) is 3.24. The molecule has 0 aliphatic carbocycles. The van der Waals surface area contributed by atoms with E-state index >= 15 is 0 Å². The first-order chi connectivity index (χ1) is 7.15. The van der Waals surface area contributed by atoms with Gasteiger partial charge in [-0.15, -0.1) is 0 Å². The highest BCUT2D eigenvalue weighted by molar-refractivity contribution is 5.89. The molecule has 1 rings (SSSR count). The van der Waals surface area contributed by atoms with Crippen LogP contribution in [0.1, 0.15) is 41.3 Å². The second-order valence-electron chi connectivity index (χ2n) is 3.57. The lowest BCUT2D eigenvalue weighted by Crippen LogP contribution is -1.99. The molecule has 1 N–H and O–H groups in total. The van der Waals surface area contributed by atoms with Crippen molar-refractivity contribution in [2.75, 3.05) is 0 Å². The number of carbonyl (C=O) groups is 1. The highest BCUT2D eigenvalue weighted by Gasteiger charge is 2.05. The van der Waals surface area contributed by atoms with Gasteiger partial charge in [0.2, 0.25) is 0 Å². The predicted octanol–water partition coefficient (Wildman–Crippen LogP) is 3.51. The van der Waals surface area contributed by atoms with Gasteiger partial charge in [-0.3, -0.25) is 0 Å². The molecule has 0 bridgehead atoms. The quantitative estimate of drug-likeness (QED) is 0.814. The van der Waals surface area contributed by atoms with Crippen molar-refractivity contribution >= 4 is 12.0 Å². The number of hydrogen-bond donors (Lipinski definition) is 1. The number of allylic oxidation sites excluding steroid dienone is 1. The highest BCUT2D eigenvalue weighted by Crippen LogP contribution is 2.12. The molecule has 0 fully saturated rings. The molecule has 0 spiro atoms. The molecule has 1 aromatic rings. The van der Waals surface area contributed by atoms with Gasteiger partial charge in [0.25, 0.3) is 0 Å². The van der Waals surface area contributed by atoms with E-state index < -0.39 is 5.97 Å². The van der Waals surface area contributed by atoms with Gasteiger partial charge in [0.1, 0.15) is 0 Å². The van der Waals surface area contributed by atoms with Gasteiger partial charge in [-0.25, -0.2) is 4.79 Å². The molecular formula is C13H16O2. The minimum atomic E-state index is -0.864. The summed E-state index contributed by atoms with van der Waals surface area (Å²) in [5.74, 6) is -0.864. The summed E-state index contributed by atoms with van der Waals surface area (Å²) in [6.07, 6.45) is 6.32. The molecule has 0 unspecified atom stereocenters. The normalized spacial score (nSPS) is 10.8. The van der Waals surface area contributed by atoms with Crippen molar-refractivity contribution in [1.29, 1.82) is 0 Å². The van der Waals surface area contributed by atoms with Crippen LogP contribution in [0.5, 0.6) is 0 Å². The lowest BCUT2D eigenvalue weighted by molar-refractivity contribution is 0.0696. The molecule has 0 saturated heterocycles. The molecular weight excluding hydrogens is 188 g/mol. The summed E-state index contributed by atoms with van der Waals surface area (Å²) >= 11 is 0. The SMILES string of the molecule is CCCC=Cc1ccc(C(=O)O)c(C)c1. The average Bonchev–Trinajstić information content (AvgIpc) is 2.17. The minimum Gasteiger partial charge on any atom is -0.478 e.